The summed E-state index contributed by atoms with van der Waals surface area (Å²) in [7, 11) is 1.80. The third kappa shape index (κ3) is 3.81. The molecule has 2 aromatic heterocycles. The van der Waals surface area contributed by atoms with Gasteiger partial charge in [0.05, 0.1) is 0 Å². The van der Waals surface area contributed by atoms with E-state index in [2.05, 4.69) is 20.8 Å². The lowest BCUT2D eigenvalue weighted by Crippen LogP contribution is -2.53. The van der Waals surface area contributed by atoms with Gasteiger partial charge in [-0.05, 0) is 26.7 Å². The predicted octanol–water partition coefficient (Wildman–Crippen LogP) is 1.51. The van der Waals surface area contributed by atoms with E-state index < -0.39 is 12.1 Å². The Morgan fingerprint density at radius 2 is 2.08 bits per heavy atom. The van der Waals surface area contributed by atoms with E-state index in [0.717, 1.165) is 6.42 Å². The van der Waals surface area contributed by atoms with Gasteiger partial charge in [0.1, 0.15) is 6.04 Å². The summed E-state index contributed by atoms with van der Waals surface area (Å²) in [6, 6.07) is 2.73. The van der Waals surface area contributed by atoms with Crippen LogP contribution in [0.1, 0.15) is 32.7 Å². The van der Waals surface area contributed by atoms with E-state index in [1.165, 1.54) is 0 Å². The molecular weight excluding hydrogens is 322 g/mol. The average molecular weight is 345 g/mol. The van der Waals surface area contributed by atoms with Gasteiger partial charge in [0, 0.05) is 44.2 Å². The molecule has 1 atom stereocenters. The Labute approximate surface area is 146 Å². The van der Waals surface area contributed by atoms with Crippen LogP contribution in [0.3, 0.4) is 0 Å². The molecule has 1 aliphatic heterocycles. The van der Waals surface area contributed by atoms with Crippen LogP contribution in [-0.2, 0) is 11.8 Å². The van der Waals surface area contributed by atoms with Gasteiger partial charge in [-0.3, -0.25) is 24.4 Å². The molecule has 25 heavy (non-hydrogen) atoms. The SMILES string of the molecule is CC(C)n1ccc(NC(=O)N[C@@H]2CCCN(c3ccn(C)n3)C2=O)n1. The summed E-state index contributed by atoms with van der Waals surface area (Å²) in [5, 5.41) is 13.9. The van der Waals surface area contributed by atoms with Crippen LogP contribution in [0, 0.1) is 0 Å². The largest absolute Gasteiger partial charge is 0.326 e. The van der Waals surface area contributed by atoms with Gasteiger partial charge in [0.15, 0.2) is 11.6 Å². The molecule has 0 radical (unpaired) electrons. The lowest BCUT2D eigenvalue weighted by atomic mass is 10.1. The van der Waals surface area contributed by atoms with Gasteiger partial charge in [-0.25, -0.2) is 4.79 Å². The number of anilines is 2. The van der Waals surface area contributed by atoms with Crippen molar-refractivity contribution < 1.29 is 9.59 Å². The van der Waals surface area contributed by atoms with Crippen molar-refractivity contribution in [2.24, 2.45) is 7.05 Å². The van der Waals surface area contributed by atoms with Gasteiger partial charge in [-0.2, -0.15) is 10.2 Å². The van der Waals surface area contributed by atoms with Gasteiger partial charge >= 0.3 is 6.03 Å². The molecule has 0 aromatic carbocycles. The van der Waals surface area contributed by atoms with Gasteiger partial charge < -0.3 is 5.32 Å². The first-order valence-corrected chi connectivity index (χ1v) is 8.38. The predicted molar refractivity (Wildman–Crippen MR) is 93.3 cm³/mol. The first kappa shape index (κ1) is 17.0. The maximum Gasteiger partial charge on any atom is 0.321 e. The van der Waals surface area contributed by atoms with Crippen LogP contribution in [0.2, 0.25) is 0 Å². The monoisotopic (exact) mass is 345 g/mol. The van der Waals surface area contributed by atoms with Crippen LogP contribution in [0.25, 0.3) is 0 Å². The number of nitrogens with one attached hydrogen (secondary N) is 2. The summed E-state index contributed by atoms with van der Waals surface area (Å²) in [4.78, 5) is 26.4. The third-order valence-electron chi connectivity index (χ3n) is 4.10. The van der Waals surface area contributed by atoms with Crippen molar-refractivity contribution in [2.45, 2.75) is 38.8 Å². The highest BCUT2D eigenvalue weighted by Gasteiger charge is 2.31. The fourth-order valence-electron chi connectivity index (χ4n) is 2.79. The van der Waals surface area contributed by atoms with E-state index in [1.54, 1.807) is 45.8 Å². The van der Waals surface area contributed by atoms with E-state index in [9.17, 15) is 9.59 Å². The molecule has 0 saturated carbocycles. The van der Waals surface area contributed by atoms with Crippen molar-refractivity contribution in [1.82, 2.24) is 24.9 Å². The number of hydrogen-bond acceptors (Lipinski definition) is 4. The lowest BCUT2D eigenvalue weighted by Gasteiger charge is -2.31. The number of carbonyl (C=O) groups is 2. The fourth-order valence-corrected chi connectivity index (χ4v) is 2.79. The molecule has 1 saturated heterocycles. The van der Waals surface area contributed by atoms with Crippen LogP contribution < -0.4 is 15.5 Å². The molecule has 0 unspecified atom stereocenters. The van der Waals surface area contributed by atoms with Gasteiger partial charge in [-0.1, -0.05) is 0 Å². The number of rotatable bonds is 4. The topological polar surface area (TPSA) is 97.1 Å². The molecule has 9 heteroatoms. The Bertz CT molecular complexity index is 764. The maximum atomic E-state index is 12.6. The fraction of sp³-hybridized carbons (Fsp3) is 0.500. The molecule has 1 fully saturated rings. The number of amides is 3. The minimum absolute atomic E-state index is 0.146. The number of hydrogen-bond donors (Lipinski definition) is 2. The first-order chi connectivity index (χ1) is 11.9. The normalized spacial score (nSPS) is 17.8. The second-order valence-electron chi connectivity index (χ2n) is 6.41. The molecule has 3 rings (SSSR count). The number of aryl methyl sites for hydroxylation is 1. The summed E-state index contributed by atoms with van der Waals surface area (Å²) in [6.07, 6.45) is 5.00. The van der Waals surface area contributed by atoms with Crippen LogP contribution in [0.5, 0.6) is 0 Å². The summed E-state index contributed by atoms with van der Waals surface area (Å²) in [5.74, 6) is 0.916. The Hall–Kier alpha value is -2.84. The highest BCUT2D eigenvalue weighted by Crippen LogP contribution is 2.19. The Kier molecular flexibility index (Phi) is 4.73. The quantitative estimate of drug-likeness (QED) is 0.878. The van der Waals surface area contributed by atoms with E-state index in [-0.39, 0.29) is 11.9 Å². The van der Waals surface area contributed by atoms with Crippen molar-refractivity contribution >= 4 is 23.6 Å². The van der Waals surface area contributed by atoms with E-state index in [1.807, 2.05) is 13.8 Å². The molecule has 0 aliphatic carbocycles. The highest BCUT2D eigenvalue weighted by atomic mass is 16.2. The summed E-state index contributed by atoms with van der Waals surface area (Å²) >= 11 is 0. The summed E-state index contributed by atoms with van der Waals surface area (Å²) < 4.78 is 3.40. The summed E-state index contributed by atoms with van der Waals surface area (Å²) in [6.45, 7) is 4.61. The number of carbonyl (C=O) groups excluding carboxylic acids is 2. The molecule has 0 bridgehead atoms. The molecule has 134 valence electrons. The average Bonchev–Trinajstić information content (AvgIpc) is 3.18. The minimum atomic E-state index is -0.567. The summed E-state index contributed by atoms with van der Waals surface area (Å²) in [5.41, 5.74) is 0. The molecule has 3 heterocycles. The Morgan fingerprint density at radius 1 is 1.28 bits per heavy atom. The van der Waals surface area contributed by atoms with Crippen molar-refractivity contribution in [3.05, 3.63) is 24.5 Å². The zero-order chi connectivity index (χ0) is 18.0. The molecule has 1 aliphatic rings. The Balaban J connectivity index is 1.61. The van der Waals surface area contributed by atoms with Gasteiger partial charge in [0.2, 0.25) is 0 Å². The number of aromatic nitrogens is 4. The smallest absolute Gasteiger partial charge is 0.321 e. The van der Waals surface area contributed by atoms with E-state index >= 15 is 0 Å². The van der Waals surface area contributed by atoms with Gasteiger partial charge in [-0.15, -0.1) is 0 Å². The van der Waals surface area contributed by atoms with Gasteiger partial charge in [0.25, 0.3) is 5.91 Å². The highest BCUT2D eigenvalue weighted by molar-refractivity contribution is 6.00. The number of nitrogens with zero attached hydrogens (tertiary/aromatic N) is 5. The molecule has 2 aromatic rings. The van der Waals surface area contributed by atoms with E-state index in [0.29, 0.717) is 24.6 Å². The zero-order valence-corrected chi connectivity index (χ0v) is 14.6. The molecule has 2 N–H and O–H groups in total. The zero-order valence-electron chi connectivity index (χ0n) is 14.6. The number of piperidine rings is 1. The number of urea groups is 1. The maximum absolute atomic E-state index is 12.6. The van der Waals surface area contributed by atoms with Crippen molar-refractivity contribution in [3.63, 3.8) is 0 Å². The van der Waals surface area contributed by atoms with Crippen LogP contribution >= 0.6 is 0 Å². The lowest BCUT2D eigenvalue weighted by molar-refractivity contribution is -0.121. The molecule has 0 spiro atoms. The van der Waals surface area contributed by atoms with Crippen molar-refractivity contribution in [1.29, 1.82) is 0 Å². The first-order valence-electron chi connectivity index (χ1n) is 8.38. The third-order valence-corrected chi connectivity index (χ3v) is 4.10. The van der Waals surface area contributed by atoms with Crippen molar-refractivity contribution in [2.75, 3.05) is 16.8 Å². The van der Waals surface area contributed by atoms with Crippen LogP contribution in [0.4, 0.5) is 16.4 Å². The molecular formula is C16H23N7O2. The van der Waals surface area contributed by atoms with E-state index in [4.69, 9.17) is 0 Å². The molecule has 3 amide bonds. The van der Waals surface area contributed by atoms with Crippen LogP contribution in [-0.4, -0.2) is 44.1 Å². The Morgan fingerprint density at radius 3 is 2.72 bits per heavy atom. The second kappa shape index (κ2) is 6.96. The standard InChI is InChI=1S/C16H23N7O2/c1-11(2)23-10-6-13(19-23)18-16(25)17-12-5-4-8-22(15(12)24)14-7-9-21(3)20-14/h6-7,9-12H,4-5,8H2,1-3H3,(H2,17,18,19,25)/t12-/m1/s1. The van der Waals surface area contributed by atoms with Crippen molar-refractivity contribution in [3.8, 4) is 0 Å². The minimum Gasteiger partial charge on any atom is -0.326 e. The molecule has 9 nitrogen and oxygen atoms in total. The van der Waals surface area contributed by atoms with Crippen LogP contribution in [0.15, 0.2) is 24.5 Å². The second-order valence-corrected chi connectivity index (χ2v) is 6.41.